The van der Waals surface area contributed by atoms with E-state index in [1.165, 1.54) is 0 Å². The summed E-state index contributed by atoms with van der Waals surface area (Å²) in [7, 11) is 2.07. The van der Waals surface area contributed by atoms with Crippen LogP contribution in [0.25, 0.3) is 0 Å². The average Bonchev–Trinajstić information content (AvgIpc) is 2.08. The molecule has 0 aromatic heterocycles. The van der Waals surface area contributed by atoms with Gasteiger partial charge in [0.2, 0.25) is 0 Å². The quantitative estimate of drug-likeness (QED) is 0.560. The van der Waals surface area contributed by atoms with Crippen molar-refractivity contribution in [2.45, 2.75) is 6.92 Å². The minimum absolute atomic E-state index is 0.302. The standard InChI is InChI=1S/C10H17N3O2/c1-3-11-8(14)9(15)13-6-10(7-13)4-12(2)5-10/h3-7H2,1-2H3,(H,11,14). The number of hydrogen-bond acceptors (Lipinski definition) is 3. The maximum absolute atomic E-state index is 11.5. The lowest BCUT2D eigenvalue weighted by molar-refractivity contribution is -0.163. The number of nitrogens with one attached hydrogen (secondary N) is 1. The van der Waals surface area contributed by atoms with Crippen LogP contribution in [-0.4, -0.2) is 61.4 Å². The largest absolute Gasteiger partial charge is 0.348 e. The Hall–Kier alpha value is -1.10. The highest BCUT2D eigenvalue weighted by molar-refractivity contribution is 6.35. The summed E-state index contributed by atoms with van der Waals surface area (Å²) in [6.45, 7) is 5.90. The molecule has 1 N–H and O–H groups in total. The minimum Gasteiger partial charge on any atom is -0.348 e. The van der Waals surface area contributed by atoms with Crippen molar-refractivity contribution in [3.8, 4) is 0 Å². The molecule has 0 aliphatic carbocycles. The Bertz CT molecular complexity index is 289. The third-order valence-corrected chi connectivity index (χ3v) is 3.08. The molecule has 84 valence electrons. The Kier molecular flexibility index (Phi) is 2.42. The van der Waals surface area contributed by atoms with Gasteiger partial charge in [0.1, 0.15) is 0 Å². The van der Waals surface area contributed by atoms with Gasteiger partial charge < -0.3 is 15.1 Å². The van der Waals surface area contributed by atoms with E-state index < -0.39 is 5.91 Å². The molecule has 1 spiro atoms. The first-order valence-electron chi connectivity index (χ1n) is 5.32. The molecule has 5 nitrogen and oxygen atoms in total. The van der Waals surface area contributed by atoms with Gasteiger partial charge in [-0.25, -0.2) is 0 Å². The zero-order valence-corrected chi connectivity index (χ0v) is 9.25. The van der Waals surface area contributed by atoms with Gasteiger partial charge in [0, 0.05) is 38.1 Å². The Morgan fingerprint density at radius 1 is 1.27 bits per heavy atom. The summed E-state index contributed by atoms with van der Waals surface area (Å²) >= 11 is 0. The molecule has 0 atom stereocenters. The zero-order valence-electron chi connectivity index (χ0n) is 9.25. The van der Waals surface area contributed by atoms with E-state index in [9.17, 15) is 9.59 Å². The van der Waals surface area contributed by atoms with Crippen LogP contribution in [0.15, 0.2) is 0 Å². The number of nitrogens with zero attached hydrogens (tertiary/aromatic N) is 2. The highest BCUT2D eigenvalue weighted by Gasteiger charge is 2.52. The number of carbonyl (C=O) groups excluding carboxylic acids is 2. The van der Waals surface area contributed by atoms with E-state index in [0.717, 1.165) is 26.2 Å². The minimum atomic E-state index is -0.472. The molecule has 2 amide bonds. The van der Waals surface area contributed by atoms with Gasteiger partial charge in [-0.2, -0.15) is 0 Å². The molecule has 0 bridgehead atoms. The second-order valence-corrected chi connectivity index (χ2v) is 4.69. The van der Waals surface area contributed by atoms with Crippen molar-refractivity contribution in [3.63, 3.8) is 0 Å². The number of likely N-dealkylation sites (tertiary alicyclic amines) is 2. The maximum Gasteiger partial charge on any atom is 0.311 e. The van der Waals surface area contributed by atoms with Gasteiger partial charge in [-0.15, -0.1) is 0 Å². The molecule has 2 rings (SSSR count). The van der Waals surface area contributed by atoms with E-state index in [1.807, 2.05) is 6.92 Å². The topological polar surface area (TPSA) is 52.7 Å². The van der Waals surface area contributed by atoms with E-state index in [1.54, 1.807) is 4.90 Å². The van der Waals surface area contributed by atoms with Crippen molar-refractivity contribution in [1.82, 2.24) is 15.1 Å². The average molecular weight is 211 g/mol. The molecular formula is C10H17N3O2. The third-order valence-electron chi connectivity index (χ3n) is 3.08. The van der Waals surface area contributed by atoms with Gasteiger partial charge in [-0.3, -0.25) is 9.59 Å². The van der Waals surface area contributed by atoms with Crippen molar-refractivity contribution in [2.75, 3.05) is 39.8 Å². The van der Waals surface area contributed by atoms with Gasteiger partial charge in [0.25, 0.3) is 0 Å². The van der Waals surface area contributed by atoms with E-state index in [-0.39, 0.29) is 5.91 Å². The van der Waals surface area contributed by atoms with Crippen LogP contribution < -0.4 is 5.32 Å². The van der Waals surface area contributed by atoms with Crippen LogP contribution in [0.1, 0.15) is 6.92 Å². The summed E-state index contributed by atoms with van der Waals surface area (Å²) in [5.41, 5.74) is 0.302. The van der Waals surface area contributed by atoms with Gasteiger partial charge in [-0.05, 0) is 14.0 Å². The third kappa shape index (κ3) is 1.71. The van der Waals surface area contributed by atoms with Crippen LogP contribution >= 0.6 is 0 Å². The zero-order chi connectivity index (χ0) is 11.1. The van der Waals surface area contributed by atoms with E-state index in [4.69, 9.17) is 0 Å². The van der Waals surface area contributed by atoms with Crippen LogP contribution in [0.5, 0.6) is 0 Å². The summed E-state index contributed by atoms with van der Waals surface area (Å²) < 4.78 is 0. The van der Waals surface area contributed by atoms with Crippen molar-refractivity contribution >= 4 is 11.8 Å². The normalized spacial score (nSPS) is 23.2. The Balaban J connectivity index is 1.79. The molecule has 0 saturated carbocycles. The van der Waals surface area contributed by atoms with Crippen molar-refractivity contribution in [3.05, 3.63) is 0 Å². The van der Waals surface area contributed by atoms with Gasteiger partial charge in [0.15, 0.2) is 0 Å². The van der Waals surface area contributed by atoms with E-state index in [0.29, 0.717) is 12.0 Å². The molecule has 0 aromatic rings. The molecule has 2 heterocycles. The predicted octanol–water partition coefficient (Wildman–Crippen LogP) is -1.10. The lowest BCUT2D eigenvalue weighted by Crippen LogP contribution is -2.73. The highest BCUT2D eigenvalue weighted by Crippen LogP contribution is 2.38. The Morgan fingerprint density at radius 3 is 2.33 bits per heavy atom. The van der Waals surface area contributed by atoms with Crippen molar-refractivity contribution in [1.29, 1.82) is 0 Å². The number of rotatable bonds is 1. The van der Waals surface area contributed by atoms with Crippen molar-refractivity contribution < 1.29 is 9.59 Å². The van der Waals surface area contributed by atoms with Crippen LogP contribution in [0.2, 0.25) is 0 Å². The number of carbonyl (C=O) groups is 2. The summed E-state index contributed by atoms with van der Waals surface area (Å²) in [6.07, 6.45) is 0. The fourth-order valence-corrected chi connectivity index (χ4v) is 2.59. The predicted molar refractivity (Wildman–Crippen MR) is 55.2 cm³/mol. The Morgan fingerprint density at radius 2 is 1.87 bits per heavy atom. The highest BCUT2D eigenvalue weighted by atomic mass is 16.2. The van der Waals surface area contributed by atoms with E-state index >= 15 is 0 Å². The fourth-order valence-electron chi connectivity index (χ4n) is 2.59. The van der Waals surface area contributed by atoms with Gasteiger partial charge in [0.05, 0.1) is 0 Å². The smallest absolute Gasteiger partial charge is 0.311 e. The first-order valence-corrected chi connectivity index (χ1v) is 5.32. The van der Waals surface area contributed by atoms with E-state index in [2.05, 4.69) is 17.3 Å². The summed E-state index contributed by atoms with van der Waals surface area (Å²) in [6, 6.07) is 0. The molecule has 2 fully saturated rings. The second-order valence-electron chi connectivity index (χ2n) is 4.69. The lowest BCUT2D eigenvalue weighted by Gasteiger charge is -2.59. The van der Waals surface area contributed by atoms with Gasteiger partial charge in [-0.1, -0.05) is 0 Å². The second kappa shape index (κ2) is 3.48. The first kappa shape index (κ1) is 10.4. The molecule has 2 aliphatic heterocycles. The molecule has 0 aromatic carbocycles. The molecule has 2 aliphatic rings. The molecule has 15 heavy (non-hydrogen) atoms. The lowest BCUT2D eigenvalue weighted by atomic mass is 9.73. The van der Waals surface area contributed by atoms with Crippen LogP contribution in [0.3, 0.4) is 0 Å². The molecule has 2 saturated heterocycles. The molecule has 0 unspecified atom stereocenters. The number of hydrogen-bond donors (Lipinski definition) is 1. The van der Waals surface area contributed by atoms with Crippen LogP contribution in [-0.2, 0) is 9.59 Å². The molecule has 5 heteroatoms. The van der Waals surface area contributed by atoms with Crippen LogP contribution in [0, 0.1) is 5.41 Å². The van der Waals surface area contributed by atoms with Crippen LogP contribution in [0.4, 0.5) is 0 Å². The Labute approximate surface area is 89.4 Å². The maximum atomic E-state index is 11.5. The summed E-state index contributed by atoms with van der Waals surface area (Å²) in [5.74, 6) is -0.850. The first-order chi connectivity index (χ1) is 7.06. The monoisotopic (exact) mass is 211 g/mol. The number of amides is 2. The van der Waals surface area contributed by atoms with Gasteiger partial charge >= 0.3 is 11.8 Å². The number of likely N-dealkylation sites (N-methyl/N-ethyl adjacent to an activating group) is 1. The SMILES string of the molecule is CCNC(=O)C(=O)N1CC2(CN(C)C2)C1. The van der Waals surface area contributed by atoms with Crippen molar-refractivity contribution in [2.24, 2.45) is 5.41 Å². The molecular weight excluding hydrogens is 194 g/mol. The fraction of sp³-hybridized carbons (Fsp3) is 0.800. The summed E-state index contributed by atoms with van der Waals surface area (Å²) in [5, 5.41) is 2.53. The molecule has 0 radical (unpaired) electrons. The summed E-state index contributed by atoms with van der Waals surface area (Å²) in [4.78, 5) is 26.6.